The monoisotopic (exact) mass is 427 g/mol. The number of nitrogens with zero attached hydrogens (tertiary/aromatic N) is 3. The molecule has 4 aromatic rings. The van der Waals surface area contributed by atoms with Gasteiger partial charge in [-0.05, 0) is 48.6 Å². The van der Waals surface area contributed by atoms with Gasteiger partial charge >= 0.3 is 0 Å². The summed E-state index contributed by atoms with van der Waals surface area (Å²) < 4.78 is 13.5. The van der Waals surface area contributed by atoms with Crippen LogP contribution in [0.1, 0.15) is 48.4 Å². The standard InChI is InChI=1S/C27H29N3O2/c1(2-7-18-30-19-17-28-22-30)4-10-24-11-14-26(15-12-24)31-20-25-21-32-27(29-25)16-13-23-8-5-3-6-9-23/h3,5-6,8-9,11-17,19,21-22H,1-2,4,7,10,18,20H2/b16-13+. The van der Waals surface area contributed by atoms with Crippen LogP contribution in [0.2, 0.25) is 0 Å². The van der Waals surface area contributed by atoms with Gasteiger partial charge in [-0.2, -0.15) is 0 Å². The van der Waals surface area contributed by atoms with Crippen LogP contribution in [0.5, 0.6) is 5.75 Å². The molecule has 5 nitrogen and oxygen atoms in total. The minimum absolute atomic E-state index is 0.388. The van der Waals surface area contributed by atoms with Gasteiger partial charge in [0.2, 0.25) is 5.89 Å². The predicted octanol–water partition coefficient (Wildman–Crippen LogP) is 6.42. The molecule has 0 unspecified atom stereocenters. The summed E-state index contributed by atoms with van der Waals surface area (Å²) in [5.74, 6) is 1.42. The Balaban J connectivity index is 1.14. The second-order valence-corrected chi connectivity index (χ2v) is 7.82. The van der Waals surface area contributed by atoms with Gasteiger partial charge in [0, 0.05) is 25.0 Å². The van der Waals surface area contributed by atoms with Crippen molar-refractivity contribution in [3.63, 3.8) is 0 Å². The van der Waals surface area contributed by atoms with Crippen LogP contribution in [0, 0.1) is 0 Å². The van der Waals surface area contributed by atoms with Crippen molar-refractivity contribution in [2.45, 2.75) is 45.3 Å². The van der Waals surface area contributed by atoms with Crippen LogP contribution in [0.25, 0.3) is 12.2 Å². The Hall–Kier alpha value is -3.60. The van der Waals surface area contributed by atoms with Gasteiger partial charge in [-0.25, -0.2) is 9.97 Å². The van der Waals surface area contributed by atoms with E-state index in [2.05, 4.69) is 26.7 Å². The van der Waals surface area contributed by atoms with Crippen molar-refractivity contribution in [1.82, 2.24) is 14.5 Å². The molecule has 0 aliphatic carbocycles. The first-order chi connectivity index (χ1) is 15.8. The summed E-state index contributed by atoms with van der Waals surface area (Å²) in [7, 11) is 0. The third kappa shape index (κ3) is 6.98. The second-order valence-electron chi connectivity index (χ2n) is 7.82. The Labute approximate surface area is 189 Å². The zero-order valence-electron chi connectivity index (χ0n) is 18.3. The Bertz CT molecular complexity index is 1070. The number of ether oxygens (including phenoxy) is 1. The zero-order chi connectivity index (χ0) is 21.8. The van der Waals surface area contributed by atoms with E-state index in [1.807, 2.05) is 73.3 Å². The molecule has 0 fully saturated rings. The summed E-state index contributed by atoms with van der Waals surface area (Å²) >= 11 is 0. The highest BCUT2D eigenvalue weighted by atomic mass is 16.5. The summed E-state index contributed by atoms with van der Waals surface area (Å²) in [5.41, 5.74) is 3.23. The molecule has 0 spiro atoms. The molecule has 32 heavy (non-hydrogen) atoms. The maximum Gasteiger partial charge on any atom is 0.218 e. The van der Waals surface area contributed by atoms with E-state index < -0.39 is 0 Å². The Morgan fingerprint density at radius 3 is 2.56 bits per heavy atom. The lowest BCUT2D eigenvalue weighted by atomic mass is 10.1. The molecule has 0 N–H and O–H groups in total. The van der Waals surface area contributed by atoms with Crippen molar-refractivity contribution in [3.05, 3.63) is 102 Å². The fourth-order valence-electron chi connectivity index (χ4n) is 3.50. The predicted molar refractivity (Wildman–Crippen MR) is 127 cm³/mol. The molecule has 0 saturated carbocycles. The molecule has 0 atom stereocenters. The van der Waals surface area contributed by atoms with Gasteiger partial charge in [-0.3, -0.25) is 0 Å². The van der Waals surface area contributed by atoms with E-state index in [0.717, 1.165) is 30.0 Å². The van der Waals surface area contributed by atoms with Crippen molar-refractivity contribution in [2.75, 3.05) is 0 Å². The molecule has 4 rings (SSSR count). The SMILES string of the molecule is C(=C\c1nc(COc2ccc(CCCCCCn3ccnc3)cc2)co1)/c1ccccc1. The van der Waals surface area contributed by atoms with Gasteiger partial charge in [0.05, 0.1) is 6.33 Å². The lowest BCUT2D eigenvalue weighted by molar-refractivity contribution is 0.301. The van der Waals surface area contributed by atoms with Gasteiger partial charge in [0.1, 0.15) is 24.3 Å². The van der Waals surface area contributed by atoms with Crippen LogP contribution in [0.3, 0.4) is 0 Å². The number of oxazole rings is 1. The zero-order valence-corrected chi connectivity index (χ0v) is 18.3. The average molecular weight is 428 g/mol. The molecular formula is C27H29N3O2. The van der Waals surface area contributed by atoms with Crippen molar-refractivity contribution in [2.24, 2.45) is 0 Å². The number of imidazole rings is 1. The molecule has 0 aliphatic heterocycles. The molecule has 164 valence electrons. The molecule has 5 heteroatoms. The molecule has 2 heterocycles. The first kappa shape index (κ1) is 21.6. The molecule has 0 aliphatic rings. The maximum absolute atomic E-state index is 5.86. The number of hydrogen-bond donors (Lipinski definition) is 0. The van der Waals surface area contributed by atoms with Gasteiger partial charge in [-0.1, -0.05) is 55.3 Å². The lowest BCUT2D eigenvalue weighted by Crippen LogP contribution is -1.96. The Morgan fingerprint density at radius 1 is 0.906 bits per heavy atom. The lowest BCUT2D eigenvalue weighted by Gasteiger charge is -2.06. The number of rotatable bonds is 12. The van der Waals surface area contributed by atoms with Crippen LogP contribution in [0.4, 0.5) is 0 Å². The van der Waals surface area contributed by atoms with Crippen LogP contribution in [-0.2, 0) is 19.6 Å². The van der Waals surface area contributed by atoms with Crippen LogP contribution < -0.4 is 4.74 Å². The quantitative estimate of drug-likeness (QED) is 0.245. The highest BCUT2D eigenvalue weighted by Gasteiger charge is 2.03. The molecule has 0 radical (unpaired) electrons. The molecule has 2 aromatic heterocycles. The van der Waals surface area contributed by atoms with Crippen molar-refractivity contribution in [3.8, 4) is 5.75 Å². The molecule has 2 aromatic carbocycles. The topological polar surface area (TPSA) is 53.1 Å². The number of unbranched alkanes of at least 4 members (excludes halogenated alkanes) is 3. The summed E-state index contributed by atoms with van der Waals surface area (Å²) in [4.78, 5) is 8.53. The molecule has 0 saturated heterocycles. The van der Waals surface area contributed by atoms with Crippen molar-refractivity contribution in [1.29, 1.82) is 0 Å². The number of aryl methyl sites for hydroxylation is 2. The van der Waals surface area contributed by atoms with E-state index in [1.165, 1.54) is 31.2 Å². The minimum Gasteiger partial charge on any atom is -0.487 e. The van der Waals surface area contributed by atoms with E-state index in [0.29, 0.717) is 12.5 Å². The molecule has 0 amide bonds. The van der Waals surface area contributed by atoms with Gasteiger partial charge < -0.3 is 13.7 Å². The summed E-state index contributed by atoms with van der Waals surface area (Å²) in [6, 6.07) is 18.4. The highest BCUT2D eigenvalue weighted by molar-refractivity contribution is 5.65. The number of benzene rings is 2. The van der Waals surface area contributed by atoms with Crippen molar-refractivity contribution >= 4 is 12.2 Å². The third-order valence-electron chi connectivity index (χ3n) is 5.29. The summed E-state index contributed by atoms with van der Waals surface area (Å²) in [6.07, 6.45) is 17.2. The molecule has 0 bridgehead atoms. The number of aromatic nitrogens is 3. The Kier molecular flexibility index (Phi) is 7.91. The van der Waals surface area contributed by atoms with E-state index >= 15 is 0 Å². The first-order valence-electron chi connectivity index (χ1n) is 11.2. The summed E-state index contributed by atoms with van der Waals surface area (Å²) in [6.45, 7) is 1.45. The normalized spacial score (nSPS) is 11.2. The highest BCUT2D eigenvalue weighted by Crippen LogP contribution is 2.17. The average Bonchev–Trinajstić information content (AvgIpc) is 3.52. The van der Waals surface area contributed by atoms with Gasteiger partial charge in [-0.15, -0.1) is 0 Å². The fraction of sp³-hybridized carbons (Fsp3) is 0.259. The second kappa shape index (κ2) is 11.7. The fourth-order valence-corrected chi connectivity index (χ4v) is 3.50. The Morgan fingerprint density at radius 2 is 1.75 bits per heavy atom. The van der Waals surface area contributed by atoms with Crippen LogP contribution in [0.15, 0.2) is 84.0 Å². The van der Waals surface area contributed by atoms with E-state index in [-0.39, 0.29) is 0 Å². The van der Waals surface area contributed by atoms with E-state index in [4.69, 9.17) is 9.15 Å². The summed E-state index contributed by atoms with van der Waals surface area (Å²) in [5, 5.41) is 0. The van der Waals surface area contributed by atoms with E-state index in [9.17, 15) is 0 Å². The van der Waals surface area contributed by atoms with Crippen molar-refractivity contribution < 1.29 is 9.15 Å². The van der Waals surface area contributed by atoms with E-state index in [1.54, 1.807) is 6.26 Å². The maximum atomic E-state index is 5.86. The van der Waals surface area contributed by atoms with Crippen LogP contribution >= 0.6 is 0 Å². The van der Waals surface area contributed by atoms with Gasteiger partial charge in [0.15, 0.2) is 0 Å². The largest absolute Gasteiger partial charge is 0.487 e. The number of hydrogen-bond acceptors (Lipinski definition) is 4. The first-order valence-corrected chi connectivity index (χ1v) is 11.2. The minimum atomic E-state index is 0.388. The smallest absolute Gasteiger partial charge is 0.218 e. The molecular weight excluding hydrogens is 398 g/mol. The van der Waals surface area contributed by atoms with Crippen LogP contribution in [-0.4, -0.2) is 14.5 Å². The third-order valence-corrected chi connectivity index (χ3v) is 5.29. The van der Waals surface area contributed by atoms with Gasteiger partial charge in [0.25, 0.3) is 0 Å².